The van der Waals surface area contributed by atoms with Crippen molar-refractivity contribution in [2.45, 2.75) is 25.8 Å². The Morgan fingerprint density at radius 3 is 2.27 bits per heavy atom. The largest absolute Gasteiger partial charge is 0.479 e. The number of nitrogens with zero attached hydrogens (tertiary/aromatic N) is 1. The molecule has 6 heteroatoms. The molecule has 1 atom stereocenters. The number of imide groups is 1. The molecule has 1 N–H and O–H groups in total. The van der Waals surface area contributed by atoms with Crippen molar-refractivity contribution in [1.29, 1.82) is 0 Å². The van der Waals surface area contributed by atoms with E-state index in [9.17, 15) is 14.4 Å². The number of carbonyl (C=O) groups is 3. The number of carboxylic acid groups (broad SMARTS) is 1. The minimum atomic E-state index is -1.47. The van der Waals surface area contributed by atoms with Crippen LogP contribution in [0, 0.1) is 0 Å². The molecule has 0 bridgehead atoms. The van der Waals surface area contributed by atoms with Crippen LogP contribution in [0.3, 0.4) is 0 Å². The van der Waals surface area contributed by atoms with Gasteiger partial charge in [-0.15, -0.1) is 0 Å². The summed E-state index contributed by atoms with van der Waals surface area (Å²) in [6, 6.07) is 0. The zero-order valence-corrected chi connectivity index (χ0v) is 8.65. The molecule has 6 nitrogen and oxygen atoms in total. The van der Waals surface area contributed by atoms with Gasteiger partial charge in [-0.1, -0.05) is 6.92 Å². The monoisotopic (exact) mass is 215 g/mol. The molecule has 1 fully saturated rings. The van der Waals surface area contributed by atoms with Gasteiger partial charge in [0.15, 0.2) is 0 Å². The molecule has 1 saturated heterocycles. The first-order valence-electron chi connectivity index (χ1n) is 4.60. The van der Waals surface area contributed by atoms with Gasteiger partial charge in [0.2, 0.25) is 0 Å². The molecule has 0 aliphatic carbocycles. The summed E-state index contributed by atoms with van der Waals surface area (Å²) < 4.78 is 4.71. The third-order valence-corrected chi connectivity index (χ3v) is 2.59. The van der Waals surface area contributed by atoms with E-state index in [2.05, 4.69) is 0 Å². The molecule has 0 aromatic rings. The maximum absolute atomic E-state index is 11.4. The van der Waals surface area contributed by atoms with Crippen molar-refractivity contribution in [3.63, 3.8) is 0 Å². The van der Waals surface area contributed by atoms with Gasteiger partial charge in [0, 0.05) is 0 Å². The lowest BCUT2D eigenvalue weighted by Gasteiger charge is -2.37. The Kier molecular flexibility index (Phi) is 3.09. The molecule has 15 heavy (non-hydrogen) atoms. The van der Waals surface area contributed by atoms with Crippen molar-refractivity contribution < 1.29 is 24.2 Å². The van der Waals surface area contributed by atoms with E-state index in [-0.39, 0.29) is 19.6 Å². The molecule has 1 rings (SSSR count). The quantitative estimate of drug-likeness (QED) is 0.649. The lowest BCUT2D eigenvalue weighted by atomic mass is 9.96. The van der Waals surface area contributed by atoms with Crippen LogP contribution in [0.2, 0.25) is 0 Å². The fourth-order valence-electron chi connectivity index (χ4n) is 1.45. The van der Waals surface area contributed by atoms with Crippen molar-refractivity contribution in [3.8, 4) is 0 Å². The predicted octanol–water partition coefficient (Wildman–Crippen LogP) is -0.375. The zero-order valence-electron chi connectivity index (χ0n) is 8.65. The third kappa shape index (κ3) is 1.85. The van der Waals surface area contributed by atoms with Gasteiger partial charge >= 0.3 is 5.97 Å². The molecule has 1 unspecified atom stereocenters. The Morgan fingerprint density at radius 1 is 1.47 bits per heavy atom. The minimum Gasteiger partial charge on any atom is -0.479 e. The average molecular weight is 215 g/mol. The Bertz CT molecular complexity index is 298. The minimum absolute atomic E-state index is 0.166. The first-order chi connectivity index (χ1) is 6.93. The number of hydrogen-bond acceptors (Lipinski definition) is 4. The summed E-state index contributed by atoms with van der Waals surface area (Å²) in [4.78, 5) is 34.7. The fourth-order valence-corrected chi connectivity index (χ4v) is 1.45. The Labute approximate surface area is 86.8 Å². The summed E-state index contributed by atoms with van der Waals surface area (Å²) in [6.45, 7) is 2.49. The maximum Gasteiger partial charge on any atom is 0.329 e. The molecule has 0 spiro atoms. The highest BCUT2D eigenvalue weighted by Crippen LogP contribution is 2.22. The number of amides is 2. The second kappa shape index (κ2) is 3.98. The van der Waals surface area contributed by atoms with Gasteiger partial charge < -0.3 is 9.84 Å². The lowest BCUT2D eigenvalue weighted by Crippen LogP contribution is -2.61. The first-order valence-corrected chi connectivity index (χ1v) is 4.60. The topological polar surface area (TPSA) is 83.9 Å². The summed E-state index contributed by atoms with van der Waals surface area (Å²) >= 11 is 0. The van der Waals surface area contributed by atoms with Gasteiger partial charge in [0.25, 0.3) is 11.8 Å². The van der Waals surface area contributed by atoms with E-state index in [1.54, 1.807) is 6.92 Å². The Balaban J connectivity index is 3.05. The van der Waals surface area contributed by atoms with E-state index in [1.165, 1.54) is 6.92 Å². The number of hydrogen-bond donors (Lipinski definition) is 1. The molecule has 1 heterocycles. The smallest absolute Gasteiger partial charge is 0.329 e. The van der Waals surface area contributed by atoms with E-state index < -0.39 is 23.3 Å². The maximum atomic E-state index is 11.4. The second-order valence-electron chi connectivity index (χ2n) is 3.55. The molecule has 0 saturated carbocycles. The number of aliphatic carboxylic acids is 1. The standard InChI is InChI=1S/C9H13NO5/c1-3-9(2,8(13)14)10-6(11)4-15-5-7(10)12/h3-5H2,1-2H3,(H,13,14). The summed E-state index contributed by atoms with van der Waals surface area (Å²) in [5, 5.41) is 9.03. The van der Waals surface area contributed by atoms with Gasteiger partial charge in [-0.2, -0.15) is 0 Å². The molecule has 0 aromatic heterocycles. The van der Waals surface area contributed by atoms with Gasteiger partial charge in [0.1, 0.15) is 18.8 Å². The highest BCUT2D eigenvalue weighted by atomic mass is 16.5. The third-order valence-electron chi connectivity index (χ3n) is 2.59. The van der Waals surface area contributed by atoms with Crippen LogP contribution in [0.25, 0.3) is 0 Å². The first kappa shape index (κ1) is 11.6. The van der Waals surface area contributed by atoms with Gasteiger partial charge in [0.05, 0.1) is 0 Å². The predicted molar refractivity (Wildman–Crippen MR) is 49.0 cm³/mol. The summed E-state index contributed by atoms with van der Waals surface area (Å²) in [6.07, 6.45) is 0.166. The van der Waals surface area contributed by atoms with Crippen LogP contribution >= 0.6 is 0 Å². The lowest BCUT2D eigenvalue weighted by molar-refractivity contribution is -0.175. The van der Waals surface area contributed by atoms with Crippen LogP contribution in [0.15, 0.2) is 0 Å². The molecule has 1 aliphatic heterocycles. The normalized spacial score (nSPS) is 21.3. The number of ether oxygens (including phenoxy) is 1. The van der Waals surface area contributed by atoms with E-state index in [0.717, 1.165) is 4.90 Å². The second-order valence-corrected chi connectivity index (χ2v) is 3.55. The van der Waals surface area contributed by atoms with Gasteiger partial charge in [-0.05, 0) is 13.3 Å². The van der Waals surface area contributed by atoms with E-state index in [4.69, 9.17) is 9.84 Å². The van der Waals surface area contributed by atoms with Gasteiger partial charge in [-0.25, -0.2) is 4.79 Å². The molecule has 0 radical (unpaired) electrons. The Hall–Kier alpha value is -1.43. The average Bonchev–Trinajstić information content (AvgIpc) is 2.16. The van der Waals surface area contributed by atoms with Crippen LogP contribution in [0.1, 0.15) is 20.3 Å². The van der Waals surface area contributed by atoms with Crippen LogP contribution in [0.4, 0.5) is 0 Å². The summed E-state index contributed by atoms with van der Waals surface area (Å²) in [5.41, 5.74) is -1.47. The molecule has 1 aliphatic rings. The summed E-state index contributed by atoms with van der Waals surface area (Å²) in [5.74, 6) is -2.38. The molecule has 0 aromatic carbocycles. The molecular formula is C9H13NO5. The fraction of sp³-hybridized carbons (Fsp3) is 0.667. The van der Waals surface area contributed by atoms with Crippen molar-refractivity contribution in [2.24, 2.45) is 0 Å². The van der Waals surface area contributed by atoms with Crippen LogP contribution in [-0.2, 0) is 19.1 Å². The van der Waals surface area contributed by atoms with Crippen molar-refractivity contribution in [3.05, 3.63) is 0 Å². The molecule has 2 amide bonds. The highest BCUT2D eigenvalue weighted by Gasteiger charge is 2.46. The number of rotatable bonds is 3. The number of carboxylic acids is 1. The van der Waals surface area contributed by atoms with E-state index in [0.29, 0.717) is 0 Å². The molecular weight excluding hydrogens is 202 g/mol. The van der Waals surface area contributed by atoms with Crippen LogP contribution < -0.4 is 0 Å². The number of morpholine rings is 1. The van der Waals surface area contributed by atoms with Crippen molar-refractivity contribution in [2.75, 3.05) is 13.2 Å². The Morgan fingerprint density at radius 2 is 1.93 bits per heavy atom. The van der Waals surface area contributed by atoms with Gasteiger partial charge in [-0.3, -0.25) is 14.5 Å². The highest BCUT2D eigenvalue weighted by molar-refractivity contribution is 6.03. The molecule has 84 valence electrons. The number of carbonyl (C=O) groups excluding carboxylic acids is 2. The van der Waals surface area contributed by atoms with E-state index >= 15 is 0 Å². The zero-order chi connectivity index (χ0) is 11.6. The van der Waals surface area contributed by atoms with Crippen molar-refractivity contribution >= 4 is 17.8 Å². The van der Waals surface area contributed by atoms with E-state index in [1.807, 2.05) is 0 Å². The van der Waals surface area contributed by atoms with Crippen molar-refractivity contribution in [1.82, 2.24) is 4.90 Å². The SMILES string of the molecule is CCC(C)(C(=O)O)N1C(=O)COCC1=O. The summed E-state index contributed by atoms with van der Waals surface area (Å²) in [7, 11) is 0. The van der Waals surface area contributed by atoms with Crippen LogP contribution in [-0.4, -0.2) is 46.5 Å². The van der Waals surface area contributed by atoms with Crippen LogP contribution in [0.5, 0.6) is 0 Å².